The van der Waals surface area contributed by atoms with Crippen molar-refractivity contribution in [3.63, 3.8) is 0 Å². The van der Waals surface area contributed by atoms with Gasteiger partial charge in [-0.3, -0.25) is 4.98 Å². The van der Waals surface area contributed by atoms with Gasteiger partial charge in [-0.15, -0.1) is 0 Å². The summed E-state index contributed by atoms with van der Waals surface area (Å²) in [5, 5.41) is 3.00. The molecule has 0 saturated carbocycles. The van der Waals surface area contributed by atoms with E-state index in [1.54, 1.807) is 26.6 Å². The summed E-state index contributed by atoms with van der Waals surface area (Å²) in [6, 6.07) is 9.31. The number of nitrogens with zero attached hydrogens (tertiary/aromatic N) is 2. The van der Waals surface area contributed by atoms with Crippen molar-refractivity contribution >= 4 is 5.96 Å². The molecular formula is C17H22N4O3. The molecule has 2 rings (SSSR count). The Morgan fingerprint density at radius 3 is 2.75 bits per heavy atom. The third kappa shape index (κ3) is 5.35. The number of hydrogen-bond donors (Lipinski definition) is 2. The van der Waals surface area contributed by atoms with Crippen molar-refractivity contribution in [2.45, 2.75) is 6.54 Å². The molecule has 1 aromatic heterocycles. The first-order chi connectivity index (χ1) is 11.7. The Kier molecular flexibility index (Phi) is 6.70. The van der Waals surface area contributed by atoms with Gasteiger partial charge in [0.15, 0.2) is 17.5 Å². The molecule has 0 aliphatic rings. The van der Waals surface area contributed by atoms with Crippen LogP contribution >= 0.6 is 0 Å². The minimum atomic E-state index is 0.361. The molecule has 7 nitrogen and oxygen atoms in total. The Bertz CT molecular complexity index is 662. The highest BCUT2D eigenvalue weighted by atomic mass is 16.5. The lowest BCUT2D eigenvalue weighted by Crippen LogP contribution is -2.34. The van der Waals surface area contributed by atoms with Crippen LogP contribution in [0.5, 0.6) is 17.2 Å². The number of ether oxygens (including phenoxy) is 3. The summed E-state index contributed by atoms with van der Waals surface area (Å²) in [5.41, 5.74) is 6.82. The molecule has 0 aliphatic heterocycles. The predicted octanol–water partition coefficient (Wildman–Crippen LogP) is 1.58. The summed E-state index contributed by atoms with van der Waals surface area (Å²) in [6.45, 7) is 1.47. The molecule has 0 radical (unpaired) electrons. The Morgan fingerprint density at radius 2 is 2.04 bits per heavy atom. The fourth-order valence-electron chi connectivity index (χ4n) is 1.99. The van der Waals surface area contributed by atoms with Gasteiger partial charge in [0.25, 0.3) is 0 Å². The van der Waals surface area contributed by atoms with Gasteiger partial charge in [0.05, 0.1) is 33.5 Å². The van der Waals surface area contributed by atoms with E-state index in [1.807, 2.05) is 30.3 Å². The number of hydrogen-bond acceptors (Lipinski definition) is 5. The maximum Gasteiger partial charge on any atom is 0.189 e. The van der Waals surface area contributed by atoms with Gasteiger partial charge in [-0.25, -0.2) is 4.99 Å². The van der Waals surface area contributed by atoms with E-state index in [4.69, 9.17) is 19.9 Å². The van der Waals surface area contributed by atoms with Crippen molar-refractivity contribution in [1.29, 1.82) is 0 Å². The number of pyridine rings is 1. The number of benzene rings is 1. The van der Waals surface area contributed by atoms with Crippen LogP contribution in [0, 0.1) is 0 Å². The molecule has 7 heteroatoms. The fourth-order valence-corrected chi connectivity index (χ4v) is 1.99. The van der Waals surface area contributed by atoms with E-state index >= 15 is 0 Å². The van der Waals surface area contributed by atoms with Crippen LogP contribution < -0.4 is 25.3 Å². The number of rotatable bonds is 8. The van der Waals surface area contributed by atoms with Crippen LogP contribution in [0.3, 0.4) is 0 Å². The highest BCUT2D eigenvalue weighted by Crippen LogP contribution is 2.27. The van der Waals surface area contributed by atoms with E-state index in [-0.39, 0.29) is 0 Å². The van der Waals surface area contributed by atoms with Crippen LogP contribution in [0.15, 0.2) is 47.7 Å². The number of nitrogens with one attached hydrogen (secondary N) is 1. The Hall–Kier alpha value is -2.96. The monoisotopic (exact) mass is 330 g/mol. The molecular weight excluding hydrogens is 308 g/mol. The van der Waals surface area contributed by atoms with Crippen LogP contribution in [-0.4, -0.2) is 38.3 Å². The zero-order chi connectivity index (χ0) is 17.2. The van der Waals surface area contributed by atoms with Gasteiger partial charge in [-0.1, -0.05) is 6.07 Å². The van der Waals surface area contributed by atoms with Crippen molar-refractivity contribution in [2.75, 3.05) is 27.4 Å². The third-order valence-corrected chi connectivity index (χ3v) is 3.19. The molecule has 0 bridgehead atoms. The van der Waals surface area contributed by atoms with Crippen LogP contribution in [0.25, 0.3) is 0 Å². The first-order valence-corrected chi connectivity index (χ1v) is 7.50. The molecule has 1 heterocycles. The summed E-state index contributed by atoms with van der Waals surface area (Å²) >= 11 is 0. The normalized spacial score (nSPS) is 11.0. The number of nitrogens with two attached hydrogens (primary N) is 1. The average molecular weight is 330 g/mol. The summed E-state index contributed by atoms with van der Waals surface area (Å²) in [7, 11) is 3.20. The molecule has 1 aromatic carbocycles. The highest BCUT2D eigenvalue weighted by Gasteiger charge is 2.04. The first kappa shape index (κ1) is 17.4. The number of aromatic nitrogens is 1. The predicted molar refractivity (Wildman–Crippen MR) is 92.6 cm³/mol. The summed E-state index contributed by atoms with van der Waals surface area (Å²) in [5.74, 6) is 2.44. The van der Waals surface area contributed by atoms with E-state index in [1.165, 1.54) is 0 Å². The molecule has 0 aliphatic carbocycles. The Balaban J connectivity index is 1.77. The van der Waals surface area contributed by atoms with E-state index in [0.717, 1.165) is 11.3 Å². The van der Waals surface area contributed by atoms with E-state index in [9.17, 15) is 0 Å². The molecule has 0 spiro atoms. The van der Waals surface area contributed by atoms with Crippen LogP contribution in [0.2, 0.25) is 0 Å². The first-order valence-electron chi connectivity index (χ1n) is 7.50. The standard InChI is InChI=1S/C17H22N4O3/c1-22-15-6-5-13(10-16(15)23-2)11-21-17(18)20-8-9-24-14-4-3-7-19-12-14/h3-7,10,12H,8-9,11H2,1-2H3,(H3,18,20,21). The average Bonchev–Trinajstić information content (AvgIpc) is 2.64. The van der Waals surface area contributed by atoms with Gasteiger partial charge < -0.3 is 25.3 Å². The van der Waals surface area contributed by atoms with Gasteiger partial charge in [0.2, 0.25) is 0 Å². The zero-order valence-corrected chi connectivity index (χ0v) is 13.9. The van der Waals surface area contributed by atoms with Crippen molar-refractivity contribution in [3.8, 4) is 17.2 Å². The van der Waals surface area contributed by atoms with E-state index in [2.05, 4.69) is 15.3 Å². The molecule has 3 N–H and O–H groups in total. The molecule has 0 atom stereocenters. The van der Waals surface area contributed by atoms with E-state index < -0.39 is 0 Å². The molecule has 0 saturated heterocycles. The minimum absolute atomic E-state index is 0.361. The Morgan fingerprint density at radius 1 is 1.21 bits per heavy atom. The fraction of sp³-hybridized carbons (Fsp3) is 0.294. The molecule has 128 valence electrons. The second kappa shape index (κ2) is 9.24. The third-order valence-electron chi connectivity index (χ3n) is 3.19. The van der Waals surface area contributed by atoms with Crippen LogP contribution in [0.1, 0.15) is 5.56 Å². The molecule has 2 aromatic rings. The quantitative estimate of drug-likeness (QED) is 0.434. The molecule has 0 fully saturated rings. The topological polar surface area (TPSA) is 91.0 Å². The molecule has 0 unspecified atom stereocenters. The summed E-state index contributed by atoms with van der Waals surface area (Å²) in [6.07, 6.45) is 3.36. The van der Waals surface area contributed by atoms with Crippen molar-refractivity contribution in [1.82, 2.24) is 10.3 Å². The smallest absolute Gasteiger partial charge is 0.189 e. The molecule has 24 heavy (non-hydrogen) atoms. The van der Waals surface area contributed by atoms with Gasteiger partial charge in [-0.05, 0) is 29.8 Å². The minimum Gasteiger partial charge on any atom is -0.493 e. The van der Waals surface area contributed by atoms with Crippen molar-refractivity contribution < 1.29 is 14.2 Å². The Labute approximate surface area is 141 Å². The van der Waals surface area contributed by atoms with Crippen molar-refractivity contribution in [2.24, 2.45) is 10.7 Å². The lowest BCUT2D eigenvalue weighted by molar-refractivity contribution is 0.321. The largest absolute Gasteiger partial charge is 0.493 e. The SMILES string of the molecule is COc1ccc(CN=C(N)NCCOc2cccnc2)cc1OC. The number of guanidine groups is 1. The second-order valence-electron chi connectivity index (χ2n) is 4.85. The van der Waals surface area contributed by atoms with Gasteiger partial charge >= 0.3 is 0 Å². The molecule has 0 amide bonds. The zero-order valence-electron chi connectivity index (χ0n) is 13.9. The van der Waals surface area contributed by atoms with Crippen LogP contribution in [-0.2, 0) is 6.54 Å². The maximum atomic E-state index is 5.84. The lowest BCUT2D eigenvalue weighted by Gasteiger charge is -2.09. The summed E-state index contributed by atoms with van der Waals surface area (Å²) < 4.78 is 16.0. The highest BCUT2D eigenvalue weighted by molar-refractivity contribution is 5.77. The number of methoxy groups -OCH3 is 2. The van der Waals surface area contributed by atoms with Crippen LogP contribution in [0.4, 0.5) is 0 Å². The van der Waals surface area contributed by atoms with Crippen molar-refractivity contribution in [3.05, 3.63) is 48.3 Å². The van der Waals surface area contributed by atoms with Gasteiger partial charge in [-0.2, -0.15) is 0 Å². The number of aliphatic imine (C=N–C) groups is 1. The maximum absolute atomic E-state index is 5.84. The van der Waals surface area contributed by atoms with Gasteiger partial charge in [0, 0.05) is 6.20 Å². The lowest BCUT2D eigenvalue weighted by atomic mass is 10.2. The van der Waals surface area contributed by atoms with Gasteiger partial charge in [0.1, 0.15) is 12.4 Å². The second-order valence-corrected chi connectivity index (χ2v) is 4.85. The van der Waals surface area contributed by atoms with E-state index in [0.29, 0.717) is 37.2 Å². The summed E-state index contributed by atoms with van der Waals surface area (Å²) in [4.78, 5) is 8.26.